The molecule has 0 saturated carbocycles. The lowest BCUT2D eigenvalue weighted by atomic mass is 10.2. The third-order valence-corrected chi connectivity index (χ3v) is 1.58. The predicted molar refractivity (Wildman–Crippen MR) is 39.1 cm³/mol. The van der Waals surface area contributed by atoms with Crippen molar-refractivity contribution >= 4 is 12.4 Å². The number of esters is 1. The number of hydrogen-bond donors (Lipinski definition) is 1. The van der Waals surface area contributed by atoms with E-state index in [9.17, 15) is 9.59 Å². The first-order valence-electron chi connectivity index (χ1n) is 3.78. The summed E-state index contributed by atoms with van der Waals surface area (Å²) in [7, 11) is 0. The van der Waals surface area contributed by atoms with E-state index in [0.29, 0.717) is 13.0 Å². The Morgan fingerprint density at radius 2 is 2.58 bits per heavy atom. The lowest BCUT2D eigenvalue weighted by Crippen LogP contribution is -2.37. The highest BCUT2D eigenvalue weighted by atomic mass is 16.7. The zero-order valence-corrected chi connectivity index (χ0v) is 6.78. The Kier molecular flexibility index (Phi) is 3.04. The molecule has 0 aromatic carbocycles. The lowest BCUT2D eigenvalue weighted by molar-refractivity contribution is -0.164. The molecule has 1 aliphatic heterocycles. The zero-order chi connectivity index (χ0) is 8.97. The Bertz CT molecular complexity index is 182. The van der Waals surface area contributed by atoms with Gasteiger partial charge in [0.15, 0.2) is 0 Å². The molecule has 5 nitrogen and oxygen atoms in total. The van der Waals surface area contributed by atoms with Crippen molar-refractivity contribution in [3.8, 4) is 0 Å². The van der Waals surface area contributed by atoms with E-state index in [2.05, 4.69) is 5.32 Å². The molecule has 1 rings (SSSR count). The molecule has 68 valence electrons. The van der Waals surface area contributed by atoms with Crippen molar-refractivity contribution in [3.63, 3.8) is 0 Å². The van der Waals surface area contributed by atoms with Crippen LogP contribution in [0.15, 0.2) is 0 Å². The van der Waals surface area contributed by atoms with Crippen molar-refractivity contribution < 1.29 is 19.1 Å². The number of nitrogens with one attached hydrogen (secondary N) is 1. The van der Waals surface area contributed by atoms with E-state index in [-0.39, 0.29) is 18.4 Å². The average molecular weight is 173 g/mol. The predicted octanol–water partition coefficient (Wildman–Crippen LogP) is -0.590. The van der Waals surface area contributed by atoms with Crippen LogP contribution in [0.2, 0.25) is 0 Å². The summed E-state index contributed by atoms with van der Waals surface area (Å²) in [4.78, 5) is 20.8. The second kappa shape index (κ2) is 4.06. The smallest absolute Gasteiger partial charge is 0.310 e. The van der Waals surface area contributed by atoms with Crippen molar-refractivity contribution in [3.05, 3.63) is 0 Å². The monoisotopic (exact) mass is 173 g/mol. The number of hydrogen-bond acceptors (Lipinski definition) is 4. The standard InChI is InChI=1S/C7H11NO4/c1-2-11-7-5(8-4-9)3-6(10)12-7/h4-5,7H,2-3H2,1H3,(H,8,9)/t5-,7+/m0/s1. The molecular weight excluding hydrogens is 162 g/mol. The molecule has 0 unspecified atom stereocenters. The minimum Gasteiger partial charge on any atom is -0.433 e. The zero-order valence-electron chi connectivity index (χ0n) is 6.78. The first kappa shape index (κ1) is 8.99. The van der Waals surface area contributed by atoms with E-state index in [4.69, 9.17) is 9.47 Å². The topological polar surface area (TPSA) is 64.6 Å². The second-order valence-electron chi connectivity index (χ2n) is 2.41. The Balaban J connectivity index is 2.46. The molecule has 12 heavy (non-hydrogen) atoms. The van der Waals surface area contributed by atoms with E-state index in [1.807, 2.05) is 0 Å². The summed E-state index contributed by atoms with van der Waals surface area (Å²) in [6.45, 7) is 2.25. The minimum absolute atomic E-state index is 0.184. The van der Waals surface area contributed by atoms with Crippen LogP contribution in [-0.2, 0) is 19.1 Å². The van der Waals surface area contributed by atoms with Crippen molar-refractivity contribution in [1.29, 1.82) is 0 Å². The fourth-order valence-electron chi connectivity index (χ4n) is 1.07. The first-order valence-corrected chi connectivity index (χ1v) is 3.78. The number of carbonyl (C=O) groups excluding carboxylic acids is 2. The van der Waals surface area contributed by atoms with Crippen molar-refractivity contribution in [2.75, 3.05) is 6.61 Å². The number of carbonyl (C=O) groups is 2. The molecule has 0 aliphatic carbocycles. The average Bonchev–Trinajstić information content (AvgIpc) is 2.33. The van der Waals surface area contributed by atoms with E-state index >= 15 is 0 Å². The van der Waals surface area contributed by atoms with Crippen LogP contribution in [0.1, 0.15) is 13.3 Å². The number of amides is 1. The highest BCUT2D eigenvalue weighted by Gasteiger charge is 2.34. The van der Waals surface area contributed by atoms with E-state index in [1.54, 1.807) is 6.92 Å². The molecule has 1 amide bonds. The van der Waals surface area contributed by atoms with Crippen LogP contribution in [0.4, 0.5) is 0 Å². The summed E-state index contributed by atoms with van der Waals surface area (Å²) in [5.74, 6) is -0.340. The van der Waals surface area contributed by atoms with Crippen LogP contribution >= 0.6 is 0 Å². The Morgan fingerprint density at radius 1 is 1.83 bits per heavy atom. The fraction of sp³-hybridized carbons (Fsp3) is 0.714. The van der Waals surface area contributed by atoms with Gasteiger partial charge in [-0.25, -0.2) is 0 Å². The van der Waals surface area contributed by atoms with E-state index in [1.165, 1.54) is 0 Å². The maximum absolute atomic E-state index is 10.8. The largest absolute Gasteiger partial charge is 0.433 e. The van der Waals surface area contributed by atoms with Gasteiger partial charge in [-0.1, -0.05) is 0 Å². The SMILES string of the molecule is CCO[C@@H]1OC(=O)C[C@@H]1NC=O. The van der Waals surface area contributed by atoms with Gasteiger partial charge < -0.3 is 14.8 Å². The molecule has 0 aromatic rings. The number of rotatable bonds is 4. The highest BCUT2D eigenvalue weighted by Crippen LogP contribution is 2.15. The van der Waals surface area contributed by atoms with Gasteiger partial charge in [-0.3, -0.25) is 9.59 Å². The van der Waals surface area contributed by atoms with Crippen LogP contribution in [0, 0.1) is 0 Å². The first-order chi connectivity index (χ1) is 5.77. The van der Waals surface area contributed by atoms with E-state index < -0.39 is 6.29 Å². The third-order valence-electron chi connectivity index (χ3n) is 1.58. The van der Waals surface area contributed by atoms with Gasteiger partial charge in [0.25, 0.3) is 0 Å². The summed E-state index contributed by atoms with van der Waals surface area (Å²) in [5.41, 5.74) is 0. The van der Waals surface area contributed by atoms with Gasteiger partial charge in [-0.2, -0.15) is 0 Å². The third kappa shape index (κ3) is 1.94. The Labute approximate surface area is 70.0 Å². The second-order valence-corrected chi connectivity index (χ2v) is 2.41. The van der Waals surface area contributed by atoms with Crippen molar-refractivity contribution in [1.82, 2.24) is 5.32 Å². The van der Waals surface area contributed by atoms with Gasteiger partial charge in [0.2, 0.25) is 12.7 Å². The summed E-state index contributed by atoms with van der Waals surface area (Å²) in [5, 5.41) is 2.46. The van der Waals surface area contributed by atoms with E-state index in [0.717, 1.165) is 0 Å². The van der Waals surface area contributed by atoms with Crippen molar-refractivity contribution in [2.45, 2.75) is 25.7 Å². The number of cyclic esters (lactones) is 1. The molecule has 5 heteroatoms. The quantitative estimate of drug-likeness (QED) is 0.456. The molecule has 1 aliphatic rings. The summed E-state index contributed by atoms with van der Waals surface area (Å²) in [6.07, 6.45) is 0.106. The molecule has 0 radical (unpaired) electrons. The maximum atomic E-state index is 10.8. The van der Waals surface area contributed by atoms with Crippen LogP contribution in [-0.4, -0.2) is 31.3 Å². The van der Waals surface area contributed by atoms with Gasteiger partial charge in [0.1, 0.15) is 6.04 Å². The summed E-state index contributed by atoms with van der Waals surface area (Å²) in [6, 6.07) is -0.338. The highest BCUT2D eigenvalue weighted by molar-refractivity contribution is 5.73. The molecular formula is C7H11NO4. The Morgan fingerprint density at radius 3 is 3.17 bits per heavy atom. The molecule has 0 bridgehead atoms. The molecule has 1 fully saturated rings. The van der Waals surface area contributed by atoms with Gasteiger partial charge in [0.05, 0.1) is 6.42 Å². The maximum Gasteiger partial charge on any atom is 0.310 e. The Hall–Kier alpha value is -1.10. The van der Waals surface area contributed by atoms with Gasteiger partial charge in [-0.15, -0.1) is 0 Å². The van der Waals surface area contributed by atoms with Crippen LogP contribution < -0.4 is 5.32 Å². The van der Waals surface area contributed by atoms with Gasteiger partial charge in [0, 0.05) is 6.61 Å². The van der Waals surface area contributed by atoms with Gasteiger partial charge >= 0.3 is 5.97 Å². The molecule has 0 spiro atoms. The molecule has 0 aromatic heterocycles. The summed E-state index contributed by atoms with van der Waals surface area (Å²) >= 11 is 0. The molecule has 1 heterocycles. The van der Waals surface area contributed by atoms with Crippen LogP contribution in [0.3, 0.4) is 0 Å². The molecule has 1 N–H and O–H groups in total. The molecule has 1 saturated heterocycles. The molecule has 2 atom stereocenters. The number of ether oxygens (including phenoxy) is 2. The summed E-state index contributed by atoms with van der Waals surface area (Å²) < 4.78 is 9.86. The van der Waals surface area contributed by atoms with Gasteiger partial charge in [-0.05, 0) is 6.92 Å². The normalized spacial score (nSPS) is 28.2. The minimum atomic E-state index is -0.618. The fourth-order valence-corrected chi connectivity index (χ4v) is 1.07. The van der Waals surface area contributed by atoms with Crippen molar-refractivity contribution in [2.24, 2.45) is 0 Å². The van der Waals surface area contributed by atoms with Crippen LogP contribution in [0.5, 0.6) is 0 Å². The van der Waals surface area contributed by atoms with Crippen LogP contribution in [0.25, 0.3) is 0 Å². The lowest BCUT2D eigenvalue weighted by Gasteiger charge is -2.15.